The molecule has 0 aliphatic carbocycles. The summed E-state index contributed by atoms with van der Waals surface area (Å²) in [5.41, 5.74) is 0.562. The monoisotopic (exact) mass is 489 g/mol. The molecule has 1 aromatic carbocycles. The summed E-state index contributed by atoms with van der Waals surface area (Å²) in [7, 11) is 1.63. The number of rotatable bonds is 3. The maximum atomic E-state index is 14.5. The number of aromatic nitrogens is 1. The van der Waals surface area contributed by atoms with E-state index in [2.05, 4.69) is 4.98 Å². The van der Waals surface area contributed by atoms with Gasteiger partial charge in [0, 0.05) is 42.7 Å². The van der Waals surface area contributed by atoms with E-state index in [1.165, 1.54) is 21.9 Å². The number of carbonyl (C=O) groups is 2. The fourth-order valence-corrected chi connectivity index (χ4v) is 3.65. The van der Waals surface area contributed by atoms with Gasteiger partial charge >= 0.3 is 6.09 Å². The molecule has 1 aliphatic heterocycles. The van der Waals surface area contributed by atoms with Gasteiger partial charge in [0.1, 0.15) is 0 Å². The Morgan fingerprint density at radius 3 is 2.56 bits per heavy atom. The van der Waals surface area contributed by atoms with Crippen LogP contribution in [0.4, 0.5) is 9.18 Å². The van der Waals surface area contributed by atoms with Crippen molar-refractivity contribution < 1.29 is 27.9 Å². The van der Waals surface area contributed by atoms with Crippen LogP contribution in [0.15, 0.2) is 34.7 Å². The van der Waals surface area contributed by atoms with Crippen LogP contribution in [0.3, 0.4) is 0 Å². The van der Waals surface area contributed by atoms with Crippen molar-refractivity contribution in [3.05, 3.63) is 46.9 Å². The zero-order valence-corrected chi connectivity index (χ0v) is 20.1. The topological polar surface area (TPSA) is 85.1 Å². The van der Waals surface area contributed by atoms with Gasteiger partial charge in [0.05, 0.1) is 23.9 Å². The Bertz CT molecular complexity index is 1250. The van der Waals surface area contributed by atoms with E-state index in [0.717, 1.165) is 0 Å². The van der Waals surface area contributed by atoms with E-state index in [9.17, 15) is 14.0 Å². The summed E-state index contributed by atoms with van der Waals surface area (Å²) in [6.07, 6.45) is -0.575. The second-order valence-electron chi connectivity index (χ2n) is 8.97. The molecule has 0 saturated carbocycles. The van der Waals surface area contributed by atoms with Crippen LogP contribution in [0.1, 0.15) is 31.3 Å². The first-order valence-corrected chi connectivity index (χ1v) is 11.1. The first kappa shape index (κ1) is 24.0. The smallest absolute Gasteiger partial charge is 0.417 e. The van der Waals surface area contributed by atoms with Crippen LogP contribution >= 0.6 is 11.6 Å². The first-order valence-electron chi connectivity index (χ1n) is 10.8. The summed E-state index contributed by atoms with van der Waals surface area (Å²) in [4.78, 5) is 32.4. The highest BCUT2D eigenvalue weighted by Crippen LogP contribution is 2.35. The fraction of sp³-hybridized carbons (Fsp3) is 0.375. The summed E-state index contributed by atoms with van der Waals surface area (Å²) >= 11 is 6.42. The predicted molar refractivity (Wildman–Crippen MR) is 125 cm³/mol. The van der Waals surface area contributed by atoms with Crippen LogP contribution in [0, 0.1) is 5.82 Å². The number of fused-ring (bicyclic) bond motifs is 1. The number of morpholine rings is 1. The normalized spacial score (nSPS) is 14.4. The van der Waals surface area contributed by atoms with Gasteiger partial charge in [-0.15, -0.1) is 0 Å². The van der Waals surface area contributed by atoms with Gasteiger partial charge < -0.3 is 23.7 Å². The predicted octanol–water partition coefficient (Wildman–Crippen LogP) is 4.99. The molecule has 1 saturated heterocycles. The van der Waals surface area contributed by atoms with Gasteiger partial charge in [0.2, 0.25) is 0 Å². The minimum Gasteiger partial charge on any atom is -0.424 e. The Hall–Kier alpha value is -3.17. The number of hydrogen-bond acceptors (Lipinski definition) is 6. The zero-order valence-electron chi connectivity index (χ0n) is 19.4. The molecule has 0 N–H and O–H groups in total. The maximum Gasteiger partial charge on any atom is 0.417 e. The molecular weight excluding hydrogens is 465 g/mol. The van der Waals surface area contributed by atoms with Gasteiger partial charge in [-0.05, 0) is 45.0 Å². The average Bonchev–Trinajstić information content (AvgIpc) is 3.21. The van der Waals surface area contributed by atoms with E-state index in [-0.39, 0.29) is 16.7 Å². The highest BCUT2D eigenvalue weighted by molar-refractivity contribution is 6.35. The minimum atomic E-state index is -0.701. The largest absolute Gasteiger partial charge is 0.424 e. The molecule has 34 heavy (non-hydrogen) atoms. The molecule has 0 atom stereocenters. The number of pyridine rings is 1. The van der Waals surface area contributed by atoms with E-state index < -0.39 is 23.4 Å². The van der Waals surface area contributed by atoms with Crippen LogP contribution in [-0.4, -0.2) is 65.7 Å². The number of nitrogens with zero attached hydrogens (tertiary/aromatic N) is 3. The molecule has 8 nitrogen and oxygen atoms in total. The lowest BCUT2D eigenvalue weighted by atomic mass is 10.1. The second-order valence-corrected chi connectivity index (χ2v) is 9.38. The Balaban J connectivity index is 1.64. The molecule has 0 unspecified atom stereocenters. The van der Waals surface area contributed by atoms with Crippen molar-refractivity contribution in [2.24, 2.45) is 0 Å². The van der Waals surface area contributed by atoms with Crippen molar-refractivity contribution in [2.75, 3.05) is 33.4 Å². The number of carbonyl (C=O) groups excluding carboxylic acids is 2. The van der Waals surface area contributed by atoms with Gasteiger partial charge in [-0.2, -0.15) is 0 Å². The fourth-order valence-electron chi connectivity index (χ4n) is 3.38. The number of hydrogen-bond donors (Lipinski definition) is 0. The van der Waals surface area contributed by atoms with Crippen molar-refractivity contribution in [2.45, 2.75) is 26.3 Å². The van der Waals surface area contributed by atoms with Crippen LogP contribution in [0.5, 0.6) is 5.95 Å². The summed E-state index contributed by atoms with van der Waals surface area (Å²) in [5, 5.41) is 0.821. The number of furan rings is 1. The molecule has 180 valence electrons. The Labute approximate surface area is 201 Å². The second kappa shape index (κ2) is 9.23. The van der Waals surface area contributed by atoms with Crippen molar-refractivity contribution in [3.8, 4) is 17.2 Å². The average molecular weight is 490 g/mol. The van der Waals surface area contributed by atoms with Crippen LogP contribution in [-0.2, 0) is 4.74 Å². The van der Waals surface area contributed by atoms with E-state index >= 15 is 0 Å². The number of amides is 2. The van der Waals surface area contributed by atoms with E-state index in [0.29, 0.717) is 48.5 Å². The molecule has 0 radical (unpaired) electrons. The standard InChI is InChI=1S/C24H25ClFN3O5/c1-24(2,3)28(4)23(31)34-19-13-15-11-14(12-16(25)21(15)33-19)18-6-5-17(26)20(27-18)22(30)29-7-9-32-10-8-29/h5-6,11-13H,7-10H2,1-4H3. The molecule has 2 aromatic heterocycles. The molecule has 10 heteroatoms. The van der Waals surface area contributed by atoms with Crippen molar-refractivity contribution >= 4 is 34.6 Å². The quantitative estimate of drug-likeness (QED) is 0.515. The molecule has 1 aliphatic rings. The third kappa shape index (κ3) is 4.85. The van der Waals surface area contributed by atoms with Crippen LogP contribution in [0.25, 0.3) is 22.2 Å². The van der Waals surface area contributed by atoms with Gasteiger partial charge in [0.15, 0.2) is 17.1 Å². The summed E-state index contributed by atoms with van der Waals surface area (Å²) in [6.45, 7) is 7.19. The van der Waals surface area contributed by atoms with E-state index in [1.807, 2.05) is 20.8 Å². The molecular formula is C24H25ClFN3O5. The van der Waals surface area contributed by atoms with Gasteiger partial charge in [-0.25, -0.2) is 14.2 Å². The molecule has 4 rings (SSSR count). The third-order valence-corrected chi connectivity index (χ3v) is 5.94. The van der Waals surface area contributed by atoms with E-state index in [1.54, 1.807) is 25.2 Å². The first-order chi connectivity index (χ1) is 16.0. The lowest BCUT2D eigenvalue weighted by molar-refractivity contribution is 0.0295. The number of benzene rings is 1. The van der Waals surface area contributed by atoms with E-state index in [4.69, 9.17) is 25.5 Å². The molecule has 2 amide bonds. The molecule has 3 heterocycles. The van der Waals surface area contributed by atoms with Crippen LogP contribution in [0.2, 0.25) is 5.02 Å². The third-order valence-electron chi connectivity index (χ3n) is 5.66. The zero-order chi connectivity index (χ0) is 24.6. The molecule has 1 fully saturated rings. The van der Waals surface area contributed by atoms with Crippen molar-refractivity contribution in [1.82, 2.24) is 14.8 Å². The molecule has 3 aromatic rings. The number of halogens is 2. The SMILES string of the molecule is CN(C(=O)Oc1cc2cc(-c3ccc(F)c(C(=O)N4CCOCC4)n3)cc(Cl)c2o1)C(C)(C)C. The van der Waals surface area contributed by atoms with Gasteiger partial charge in [0.25, 0.3) is 11.9 Å². The van der Waals surface area contributed by atoms with Gasteiger partial charge in [-0.1, -0.05) is 11.6 Å². The molecule has 0 spiro atoms. The summed E-state index contributed by atoms with van der Waals surface area (Å²) in [6, 6.07) is 7.55. The Kier molecular flexibility index (Phi) is 6.51. The van der Waals surface area contributed by atoms with Crippen molar-refractivity contribution in [1.29, 1.82) is 0 Å². The molecule has 0 bridgehead atoms. The highest BCUT2D eigenvalue weighted by Gasteiger charge is 2.26. The maximum absolute atomic E-state index is 14.5. The lowest BCUT2D eigenvalue weighted by Crippen LogP contribution is -2.43. The highest BCUT2D eigenvalue weighted by atomic mass is 35.5. The minimum absolute atomic E-state index is 0.00889. The lowest BCUT2D eigenvalue weighted by Gasteiger charge is -2.30. The van der Waals surface area contributed by atoms with Crippen LogP contribution < -0.4 is 4.74 Å². The Morgan fingerprint density at radius 1 is 1.18 bits per heavy atom. The summed E-state index contributed by atoms with van der Waals surface area (Å²) < 4.78 is 30.7. The summed E-state index contributed by atoms with van der Waals surface area (Å²) in [5.74, 6) is -1.20. The van der Waals surface area contributed by atoms with Crippen molar-refractivity contribution in [3.63, 3.8) is 0 Å². The number of ether oxygens (including phenoxy) is 2. The Morgan fingerprint density at radius 2 is 1.88 bits per heavy atom. The van der Waals surface area contributed by atoms with Gasteiger partial charge in [-0.3, -0.25) is 4.79 Å².